The average Bonchev–Trinajstić information content (AvgIpc) is 2.54. The van der Waals surface area contributed by atoms with Crippen molar-refractivity contribution in [1.82, 2.24) is 5.32 Å². The standard InChI is InChI=1S/C18H22ClNO2/c1-20-13-15-11-16(19)18(17(12-15)21-2)22-10-6-9-14-7-4-3-5-8-14/h3-5,7-8,11-12,20H,6,9-10,13H2,1-2H3. The van der Waals surface area contributed by atoms with Gasteiger partial charge in [-0.15, -0.1) is 0 Å². The van der Waals surface area contributed by atoms with E-state index < -0.39 is 0 Å². The first-order valence-electron chi connectivity index (χ1n) is 7.42. The Morgan fingerprint density at radius 2 is 1.86 bits per heavy atom. The summed E-state index contributed by atoms with van der Waals surface area (Å²) in [6.07, 6.45) is 1.92. The van der Waals surface area contributed by atoms with Gasteiger partial charge in [0.15, 0.2) is 11.5 Å². The fourth-order valence-corrected chi connectivity index (χ4v) is 2.60. The van der Waals surface area contributed by atoms with E-state index in [4.69, 9.17) is 21.1 Å². The Balaban J connectivity index is 1.94. The average molecular weight is 320 g/mol. The van der Waals surface area contributed by atoms with Crippen molar-refractivity contribution in [2.45, 2.75) is 19.4 Å². The Hall–Kier alpha value is -1.71. The minimum atomic E-state index is 0.587. The lowest BCUT2D eigenvalue weighted by atomic mass is 10.1. The van der Waals surface area contributed by atoms with E-state index in [0.29, 0.717) is 23.1 Å². The molecule has 0 atom stereocenters. The molecule has 0 heterocycles. The van der Waals surface area contributed by atoms with Crippen LogP contribution in [0.3, 0.4) is 0 Å². The van der Waals surface area contributed by atoms with E-state index in [9.17, 15) is 0 Å². The molecule has 1 N–H and O–H groups in total. The van der Waals surface area contributed by atoms with Gasteiger partial charge in [0.1, 0.15) is 0 Å². The lowest BCUT2D eigenvalue weighted by molar-refractivity contribution is 0.289. The summed E-state index contributed by atoms with van der Waals surface area (Å²) in [4.78, 5) is 0. The molecule has 0 aliphatic carbocycles. The molecule has 0 aliphatic rings. The van der Waals surface area contributed by atoms with Gasteiger partial charge in [0.2, 0.25) is 0 Å². The molecular weight excluding hydrogens is 298 g/mol. The topological polar surface area (TPSA) is 30.5 Å². The molecule has 22 heavy (non-hydrogen) atoms. The predicted molar refractivity (Wildman–Crippen MR) is 91.0 cm³/mol. The quantitative estimate of drug-likeness (QED) is 0.744. The number of nitrogens with one attached hydrogen (secondary N) is 1. The highest BCUT2D eigenvalue weighted by atomic mass is 35.5. The number of ether oxygens (including phenoxy) is 2. The second kappa shape index (κ2) is 8.66. The maximum Gasteiger partial charge on any atom is 0.179 e. The minimum Gasteiger partial charge on any atom is -0.493 e. The van der Waals surface area contributed by atoms with Gasteiger partial charge in [-0.3, -0.25) is 0 Å². The molecule has 0 aromatic heterocycles. The van der Waals surface area contributed by atoms with Crippen molar-refractivity contribution in [2.24, 2.45) is 0 Å². The largest absolute Gasteiger partial charge is 0.493 e. The van der Waals surface area contributed by atoms with Crippen LogP contribution in [0.2, 0.25) is 5.02 Å². The van der Waals surface area contributed by atoms with E-state index in [1.54, 1.807) is 7.11 Å². The van der Waals surface area contributed by atoms with Crippen molar-refractivity contribution in [1.29, 1.82) is 0 Å². The van der Waals surface area contributed by atoms with Crippen LogP contribution >= 0.6 is 11.6 Å². The first kappa shape index (κ1) is 16.7. The van der Waals surface area contributed by atoms with E-state index in [-0.39, 0.29) is 0 Å². The summed E-state index contributed by atoms with van der Waals surface area (Å²) in [5, 5.41) is 3.68. The first-order valence-corrected chi connectivity index (χ1v) is 7.80. The number of halogens is 1. The number of hydrogen-bond donors (Lipinski definition) is 1. The summed E-state index contributed by atoms with van der Waals surface area (Å²) in [5.74, 6) is 1.30. The second-order valence-corrected chi connectivity index (χ2v) is 5.48. The normalized spacial score (nSPS) is 10.5. The summed E-state index contributed by atoms with van der Waals surface area (Å²) >= 11 is 6.31. The summed E-state index contributed by atoms with van der Waals surface area (Å²) in [6, 6.07) is 14.2. The van der Waals surface area contributed by atoms with Crippen molar-refractivity contribution in [3.63, 3.8) is 0 Å². The zero-order valence-electron chi connectivity index (χ0n) is 13.1. The van der Waals surface area contributed by atoms with Crippen molar-refractivity contribution in [3.05, 3.63) is 58.6 Å². The molecule has 0 bridgehead atoms. The van der Waals surface area contributed by atoms with E-state index >= 15 is 0 Å². The zero-order valence-corrected chi connectivity index (χ0v) is 13.8. The predicted octanol–water partition coefficient (Wildman–Crippen LogP) is 4.08. The molecule has 0 fully saturated rings. The van der Waals surface area contributed by atoms with E-state index in [1.165, 1.54) is 5.56 Å². The fourth-order valence-electron chi connectivity index (χ4n) is 2.31. The fraction of sp³-hybridized carbons (Fsp3) is 0.333. The third-order valence-electron chi connectivity index (χ3n) is 3.37. The lowest BCUT2D eigenvalue weighted by Gasteiger charge is -2.14. The Morgan fingerprint density at radius 3 is 2.55 bits per heavy atom. The van der Waals surface area contributed by atoms with Gasteiger partial charge in [0.25, 0.3) is 0 Å². The molecular formula is C18H22ClNO2. The van der Waals surface area contributed by atoms with Crippen molar-refractivity contribution in [3.8, 4) is 11.5 Å². The van der Waals surface area contributed by atoms with E-state index in [0.717, 1.165) is 24.9 Å². The Bertz CT molecular complexity index is 587. The van der Waals surface area contributed by atoms with Gasteiger partial charge in [0, 0.05) is 6.54 Å². The maximum atomic E-state index is 6.31. The maximum absolute atomic E-state index is 6.31. The van der Waals surface area contributed by atoms with Crippen molar-refractivity contribution in [2.75, 3.05) is 20.8 Å². The molecule has 2 aromatic carbocycles. The molecule has 2 rings (SSSR count). The minimum absolute atomic E-state index is 0.587. The van der Waals surface area contributed by atoms with E-state index in [2.05, 4.69) is 29.6 Å². The van der Waals surface area contributed by atoms with Crippen LogP contribution in [-0.4, -0.2) is 20.8 Å². The van der Waals surface area contributed by atoms with Crippen LogP contribution < -0.4 is 14.8 Å². The second-order valence-electron chi connectivity index (χ2n) is 5.08. The van der Waals surface area contributed by atoms with Crippen LogP contribution in [0.15, 0.2) is 42.5 Å². The molecule has 4 heteroatoms. The molecule has 3 nitrogen and oxygen atoms in total. The first-order chi connectivity index (χ1) is 10.7. The summed E-state index contributed by atoms with van der Waals surface area (Å²) in [6.45, 7) is 1.35. The smallest absolute Gasteiger partial charge is 0.179 e. The van der Waals surface area contributed by atoms with Crippen LogP contribution in [-0.2, 0) is 13.0 Å². The number of benzene rings is 2. The molecule has 118 valence electrons. The van der Waals surface area contributed by atoms with Gasteiger partial charge in [0.05, 0.1) is 18.7 Å². The van der Waals surface area contributed by atoms with Crippen LogP contribution in [0.25, 0.3) is 0 Å². The van der Waals surface area contributed by atoms with Gasteiger partial charge in [-0.25, -0.2) is 0 Å². The molecule has 0 unspecified atom stereocenters. The number of hydrogen-bond acceptors (Lipinski definition) is 3. The van der Waals surface area contributed by atoms with Crippen LogP contribution in [0.1, 0.15) is 17.5 Å². The van der Waals surface area contributed by atoms with Gasteiger partial charge < -0.3 is 14.8 Å². The number of methoxy groups -OCH3 is 1. The Morgan fingerprint density at radius 1 is 1.09 bits per heavy atom. The van der Waals surface area contributed by atoms with Gasteiger partial charge >= 0.3 is 0 Å². The molecule has 0 aliphatic heterocycles. The molecule has 0 saturated heterocycles. The Kier molecular flexibility index (Phi) is 6.56. The van der Waals surface area contributed by atoms with Crippen LogP contribution in [0, 0.1) is 0 Å². The molecule has 2 aromatic rings. The molecule has 0 saturated carbocycles. The monoisotopic (exact) mass is 319 g/mol. The Labute approximate surface area is 137 Å². The van der Waals surface area contributed by atoms with E-state index in [1.807, 2.05) is 25.2 Å². The third kappa shape index (κ3) is 4.65. The molecule has 0 amide bonds. The third-order valence-corrected chi connectivity index (χ3v) is 3.65. The molecule has 0 radical (unpaired) electrons. The summed E-state index contributed by atoms with van der Waals surface area (Å²) in [5.41, 5.74) is 2.38. The highest BCUT2D eigenvalue weighted by Crippen LogP contribution is 2.36. The molecule has 0 spiro atoms. The van der Waals surface area contributed by atoms with Crippen molar-refractivity contribution < 1.29 is 9.47 Å². The lowest BCUT2D eigenvalue weighted by Crippen LogP contribution is -2.06. The van der Waals surface area contributed by atoms with Crippen LogP contribution in [0.5, 0.6) is 11.5 Å². The highest BCUT2D eigenvalue weighted by molar-refractivity contribution is 6.32. The van der Waals surface area contributed by atoms with Gasteiger partial charge in [-0.1, -0.05) is 41.9 Å². The summed E-state index contributed by atoms with van der Waals surface area (Å²) < 4.78 is 11.2. The van der Waals surface area contributed by atoms with Crippen molar-refractivity contribution >= 4 is 11.6 Å². The highest BCUT2D eigenvalue weighted by Gasteiger charge is 2.11. The zero-order chi connectivity index (χ0) is 15.8. The van der Waals surface area contributed by atoms with Gasteiger partial charge in [-0.2, -0.15) is 0 Å². The number of aryl methyl sites for hydroxylation is 1. The number of rotatable bonds is 8. The summed E-state index contributed by atoms with van der Waals surface area (Å²) in [7, 11) is 3.53. The van der Waals surface area contributed by atoms with Crippen LogP contribution in [0.4, 0.5) is 0 Å². The van der Waals surface area contributed by atoms with Gasteiger partial charge in [-0.05, 0) is 43.1 Å². The SMILES string of the molecule is CNCc1cc(Cl)c(OCCCc2ccccc2)c(OC)c1.